The van der Waals surface area contributed by atoms with Crippen molar-refractivity contribution in [3.63, 3.8) is 0 Å². The third kappa shape index (κ3) is 3.29. The molecule has 2 aromatic rings. The SMILES string of the molecule is Cc1cc([N+](=O)[O-])ccc1NS(=O)(=O)c1cccnc1Cl. The fourth-order valence-corrected chi connectivity index (χ4v) is 3.23. The van der Waals surface area contributed by atoms with Crippen molar-refractivity contribution < 1.29 is 13.3 Å². The number of halogens is 1. The lowest BCUT2D eigenvalue weighted by molar-refractivity contribution is -0.384. The molecule has 0 fully saturated rings. The lowest BCUT2D eigenvalue weighted by atomic mass is 10.2. The number of rotatable bonds is 4. The Bertz CT molecular complexity index is 808. The molecule has 0 radical (unpaired) electrons. The Morgan fingerprint density at radius 2 is 2.05 bits per heavy atom. The van der Waals surface area contributed by atoms with Gasteiger partial charge in [-0.2, -0.15) is 0 Å². The molecule has 9 heteroatoms. The Balaban J connectivity index is 2.38. The molecule has 2 rings (SSSR count). The fourth-order valence-electron chi connectivity index (χ4n) is 1.65. The summed E-state index contributed by atoms with van der Waals surface area (Å²) in [5, 5.41) is 10.5. The molecule has 0 aliphatic heterocycles. The molecule has 0 atom stereocenters. The Morgan fingerprint density at radius 3 is 2.62 bits per heavy atom. The number of nitrogens with zero attached hydrogens (tertiary/aromatic N) is 2. The molecule has 21 heavy (non-hydrogen) atoms. The van der Waals surface area contributed by atoms with Crippen molar-refractivity contribution in [2.75, 3.05) is 4.72 Å². The second-order valence-electron chi connectivity index (χ2n) is 4.15. The molecule has 110 valence electrons. The number of anilines is 1. The summed E-state index contributed by atoms with van der Waals surface area (Å²) >= 11 is 5.76. The van der Waals surface area contributed by atoms with Gasteiger partial charge in [-0.3, -0.25) is 14.8 Å². The summed E-state index contributed by atoms with van der Waals surface area (Å²) in [6, 6.07) is 6.59. The van der Waals surface area contributed by atoms with E-state index in [9.17, 15) is 18.5 Å². The highest BCUT2D eigenvalue weighted by Gasteiger charge is 2.20. The molecule has 0 amide bonds. The maximum Gasteiger partial charge on any atom is 0.269 e. The Hall–Kier alpha value is -2.19. The normalized spacial score (nSPS) is 11.1. The van der Waals surface area contributed by atoms with Gasteiger partial charge in [-0.15, -0.1) is 0 Å². The highest BCUT2D eigenvalue weighted by atomic mass is 35.5. The number of hydrogen-bond donors (Lipinski definition) is 1. The van der Waals surface area contributed by atoms with Crippen LogP contribution in [0.2, 0.25) is 5.15 Å². The number of sulfonamides is 1. The first-order chi connectivity index (χ1) is 9.81. The number of pyridine rings is 1. The van der Waals surface area contributed by atoms with Gasteiger partial charge in [-0.1, -0.05) is 11.6 Å². The first kappa shape index (κ1) is 15.2. The van der Waals surface area contributed by atoms with Crippen LogP contribution in [0.15, 0.2) is 41.4 Å². The predicted molar refractivity (Wildman–Crippen MR) is 77.9 cm³/mol. The van der Waals surface area contributed by atoms with E-state index in [0.29, 0.717) is 5.56 Å². The Kier molecular flexibility index (Phi) is 4.10. The summed E-state index contributed by atoms with van der Waals surface area (Å²) in [4.78, 5) is 13.6. The van der Waals surface area contributed by atoms with E-state index in [0.717, 1.165) is 0 Å². The van der Waals surface area contributed by atoms with Crippen molar-refractivity contribution >= 4 is 33.0 Å². The molecule has 0 saturated carbocycles. The van der Waals surface area contributed by atoms with Gasteiger partial charge < -0.3 is 0 Å². The molecule has 0 saturated heterocycles. The van der Waals surface area contributed by atoms with Gasteiger partial charge in [0.15, 0.2) is 0 Å². The number of hydrogen-bond acceptors (Lipinski definition) is 5. The van der Waals surface area contributed by atoms with Gasteiger partial charge >= 0.3 is 0 Å². The van der Waals surface area contributed by atoms with E-state index in [-0.39, 0.29) is 21.4 Å². The van der Waals surface area contributed by atoms with Crippen molar-refractivity contribution in [3.05, 3.63) is 57.4 Å². The van der Waals surface area contributed by atoms with Crippen LogP contribution in [0.5, 0.6) is 0 Å². The third-order valence-electron chi connectivity index (χ3n) is 2.68. The molecule has 1 aromatic carbocycles. The molecule has 7 nitrogen and oxygen atoms in total. The first-order valence-electron chi connectivity index (χ1n) is 5.69. The van der Waals surface area contributed by atoms with Gasteiger partial charge in [-0.05, 0) is 30.7 Å². The quantitative estimate of drug-likeness (QED) is 0.528. The van der Waals surface area contributed by atoms with Crippen molar-refractivity contribution in [3.8, 4) is 0 Å². The summed E-state index contributed by atoms with van der Waals surface area (Å²) in [6.07, 6.45) is 1.37. The van der Waals surface area contributed by atoms with E-state index >= 15 is 0 Å². The van der Waals surface area contributed by atoms with Gasteiger partial charge in [0.25, 0.3) is 15.7 Å². The van der Waals surface area contributed by atoms with Crippen LogP contribution in [0.1, 0.15) is 5.56 Å². The van der Waals surface area contributed by atoms with Gasteiger partial charge in [0.05, 0.1) is 10.6 Å². The maximum absolute atomic E-state index is 12.2. The lowest BCUT2D eigenvalue weighted by Gasteiger charge is -2.10. The number of nitro benzene ring substituents is 1. The number of benzene rings is 1. The second-order valence-corrected chi connectivity index (χ2v) is 6.16. The monoisotopic (exact) mass is 327 g/mol. The van der Waals surface area contributed by atoms with Gasteiger partial charge in [0.1, 0.15) is 10.0 Å². The number of non-ortho nitro benzene ring substituents is 1. The molecule has 0 aliphatic carbocycles. The standard InChI is InChI=1S/C12H10ClN3O4S/c1-8-7-9(16(17)18)4-5-10(8)15-21(19,20)11-3-2-6-14-12(11)13/h2-7,15H,1H3. The van der Waals surface area contributed by atoms with Crippen LogP contribution < -0.4 is 4.72 Å². The molecular formula is C12H10ClN3O4S. The van der Waals surface area contributed by atoms with E-state index in [1.807, 2.05) is 0 Å². The topological polar surface area (TPSA) is 102 Å². The van der Waals surface area contributed by atoms with Crippen molar-refractivity contribution in [2.24, 2.45) is 0 Å². The van der Waals surface area contributed by atoms with Crippen LogP contribution in [-0.4, -0.2) is 18.3 Å². The van der Waals surface area contributed by atoms with Gasteiger partial charge in [-0.25, -0.2) is 13.4 Å². The maximum atomic E-state index is 12.2. The Labute approximate surface area is 125 Å². The Morgan fingerprint density at radius 1 is 1.33 bits per heavy atom. The summed E-state index contributed by atoms with van der Waals surface area (Å²) in [5.41, 5.74) is 0.545. The number of nitro groups is 1. The first-order valence-corrected chi connectivity index (χ1v) is 7.56. The smallest absolute Gasteiger partial charge is 0.269 e. The second kappa shape index (κ2) is 5.66. The third-order valence-corrected chi connectivity index (χ3v) is 4.49. The predicted octanol–water partition coefficient (Wildman–Crippen LogP) is 2.75. The fraction of sp³-hybridized carbons (Fsp3) is 0.0833. The van der Waals surface area contributed by atoms with Gasteiger partial charge in [0.2, 0.25) is 0 Å². The molecular weight excluding hydrogens is 318 g/mol. The zero-order chi connectivity index (χ0) is 15.6. The number of aryl methyl sites for hydroxylation is 1. The summed E-state index contributed by atoms with van der Waals surface area (Å²) in [7, 11) is -3.91. The largest absolute Gasteiger partial charge is 0.279 e. The van der Waals surface area contributed by atoms with E-state index in [1.165, 1.54) is 36.5 Å². The van der Waals surface area contributed by atoms with E-state index in [2.05, 4.69) is 9.71 Å². The molecule has 0 bridgehead atoms. The minimum atomic E-state index is -3.91. The minimum Gasteiger partial charge on any atom is -0.279 e. The van der Waals surface area contributed by atoms with Crippen molar-refractivity contribution in [1.82, 2.24) is 4.98 Å². The number of aromatic nitrogens is 1. The van der Waals surface area contributed by atoms with Gasteiger partial charge in [0, 0.05) is 18.3 Å². The summed E-state index contributed by atoms with van der Waals surface area (Å²) in [6.45, 7) is 1.57. The summed E-state index contributed by atoms with van der Waals surface area (Å²) in [5.74, 6) is 0. The molecule has 1 aromatic heterocycles. The van der Waals surface area contributed by atoms with Crippen LogP contribution in [-0.2, 0) is 10.0 Å². The molecule has 0 unspecified atom stereocenters. The van der Waals surface area contributed by atoms with Crippen molar-refractivity contribution in [2.45, 2.75) is 11.8 Å². The van der Waals surface area contributed by atoms with Crippen LogP contribution >= 0.6 is 11.6 Å². The van der Waals surface area contributed by atoms with E-state index < -0.39 is 14.9 Å². The van der Waals surface area contributed by atoms with Crippen LogP contribution in [0.4, 0.5) is 11.4 Å². The zero-order valence-corrected chi connectivity index (χ0v) is 12.4. The number of nitrogens with one attached hydrogen (secondary N) is 1. The summed E-state index contributed by atoms with van der Waals surface area (Å²) < 4.78 is 26.8. The highest BCUT2D eigenvalue weighted by Crippen LogP contribution is 2.25. The van der Waals surface area contributed by atoms with E-state index in [1.54, 1.807) is 6.92 Å². The minimum absolute atomic E-state index is 0.116. The van der Waals surface area contributed by atoms with Crippen molar-refractivity contribution in [1.29, 1.82) is 0 Å². The highest BCUT2D eigenvalue weighted by molar-refractivity contribution is 7.92. The van der Waals surface area contributed by atoms with E-state index in [4.69, 9.17) is 11.6 Å². The average molecular weight is 328 g/mol. The zero-order valence-electron chi connectivity index (χ0n) is 10.8. The van der Waals surface area contributed by atoms with Crippen LogP contribution in [0, 0.1) is 17.0 Å². The average Bonchev–Trinajstić information content (AvgIpc) is 2.41. The molecule has 0 aliphatic rings. The van der Waals surface area contributed by atoms with Crippen LogP contribution in [0.3, 0.4) is 0 Å². The molecule has 1 heterocycles. The lowest BCUT2D eigenvalue weighted by Crippen LogP contribution is -2.14. The molecule has 0 spiro atoms. The van der Waals surface area contributed by atoms with Crippen LogP contribution in [0.25, 0.3) is 0 Å². The molecule has 1 N–H and O–H groups in total.